The zero-order valence-electron chi connectivity index (χ0n) is 7.08. The third-order valence-corrected chi connectivity index (χ3v) is 3.55. The van der Waals surface area contributed by atoms with Crippen LogP contribution >= 0.6 is 23.1 Å². The third-order valence-electron chi connectivity index (χ3n) is 1.48. The average molecular weight is 200 g/mol. The van der Waals surface area contributed by atoms with Crippen LogP contribution in [0.3, 0.4) is 0 Å². The highest BCUT2D eigenvalue weighted by molar-refractivity contribution is 7.99. The van der Waals surface area contributed by atoms with E-state index in [-0.39, 0.29) is 0 Å². The Balaban J connectivity index is 2.36. The normalized spacial score (nSPS) is 10.1. The lowest BCUT2D eigenvalue weighted by molar-refractivity contribution is 0.112. The van der Waals surface area contributed by atoms with Crippen LogP contribution in [0, 0.1) is 0 Å². The van der Waals surface area contributed by atoms with Crippen molar-refractivity contribution in [1.82, 2.24) is 0 Å². The quantitative estimate of drug-likeness (QED) is 0.411. The predicted molar refractivity (Wildman–Crippen MR) is 55.3 cm³/mol. The van der Waals surface area contributed by atoms with Crippen LogP contribution in [0.25, 0.3) is 0 Å². The molecule has 1 aromatic rings. The van der Waals surface area contributed by atoms with Gasteiger partial charge in [0.1, 0.15) is 0 Å². The number of carbonyl (C=O) groups excluding carboxylic acids is 1. The summed E-state index contributed by atoms with van der Waals surface area (Å²) in [6.45, 7) is 2.19. The Kier molecular flexibility index (Phi) is 4.40. The average Bonchev–Trinajstić information content (AvgIpc) is 2.53. The molecule has 0 radical (unpaired) electrons. The summed E-state index contributed by atoms with van der Waals surface area (Å²) in [5, 5.41) is 2.05. The van der Waals surface area contributed by atoms with Gasteiger partial charge in [-0.3, -0.25) is 4.79 Å². The highest BCUT2D eigenvalue weighted by Gasteiger charge is 1.97. The fraction of sp³-hybridized carbons (Fsp3) is 0.444. The van der Waals surface area contributed by atoms with Gasteiger partial charge in [-0.05, 0) is 18.2 Å². The number of unbranched alkanes of at least 4 members (excludes halogenated alkanes) is 1. The SMILES string of the molecule is CCCCSc1csc(C=O)c1. The van der Waals surface area contributed by atoms with Crippen molar-refractivity contribution in [3.63, 3.8) is 0 Å². The van der Waals surface area contributed by atoms with Gasteiger partial charge in [0.25, 0.3) is 0 Å². The lowest BCUT2D eigenvalue weighted by Crippen LogP contribution is -1.75. The molecule has 0 aliphatic carbocycles. The maximum absolute atomic E-state index is 10.4. The van der Waals surface area contributed by atoms with Gasteiger partial charge in [0, 0.05) is 10.3 Å². The van der Waals surface area contributed by atoms with E-state index in [1.807, 2.05) is 23.2 Å². The van der Waals surface area contributed by atoms with E-state index in [0.29, 0.717) is 0 Å². The molecule has 0 N–H and O–H groups in total. The maximum atomic E-state index is 10.4. The molecule has 0 atom stereocenters. The van der Waals surface area contributed by atoms with E-state index in [0.717, 1.165) is 16.9 Å². The zero-order chi connectivity index (χ0) is 8.81. The Hall–Kier alpha value is -0.280. The van der Waals surface area contributed by atoms with Gasteiger partial charge in [-0.1, -0.05) is 13.3 Å². The van der Waals surface area contributed by atoms with Crippen LogP contribution in [-0.2, 0) is 0 Å². The second-order valence-electron chi connectivity index (χ2n) is 2.50. The number of hydrogen-bond donors (Lipinski definition) is 0. The van der Waals surface area contributed by atoms with Crippen LogP contribution in [0.15, 0.2) is 16.3 Å². The summed E-state index contributed by atoms with van der Waals surface area (Å²) in [6, 6.07) is 1.96. The van der Waals surface area contributed by atoms with E-state index in [4.69, 9.17) is 0 Å². The summed E-state index contributed by atoms with van der Waals surface area (Å²) in [5.74, 6) is 1.16. The summed E-state index contributed by atoms with van der Waals surface area (Å²) < 4.78 is 0. The molecule has 0 aliphatic rings. The minimum atomic E-state index is 0.828. The lowest BCUT2D eigenvalue weighted by atomic mass is 10.4. The highest BCUT2D eigenvalue weighted by Crippen LogP contribution is 2.24. The lowest BCUT2D eigenvalue weighted by Gasteiger charge is -1.94. The van der Waals surface area contributed by atoms with Crippen molar-refractivity contribution in [2.24, 2.45) is 0 Å². The molecule has 0 saturated heterocycles. The molecular formula is C9H12OS2. The molecule has 1 nitrogen and oxygen atoms in total. The molecule has 1 heterocycles. The first-order valence-corrected chi connectivity index (χ1v) is 5.90. The molecule has 3 heteroatoms. The molecule has 0 fully saturated rings. The number of hydrogen-bond acceptors (Lipinski definition) is 3. The summed E-state index contributed by atoms with van der Waals surface area (Å²) in [7, 11) is 0. The molecule has 0 aliphatic heterocycles. The van der Waals surface area contributed by atoms with Gasteiger partial charge in [0.05, 0.1) is 4.88 Å². The second kappa shape index (κ2) is 5.38. The van der Waals surface area contributed by atoms with E-state index >= 15 is 0 Å². The highest BCUT2D eigenvalue weighted by atomic mass is 32.2. The second-order valence-corrected chi connectivity index (χ2v) is 4.62. The van der Waals surface area contributed by atoms with Crippen LogP contribution < -0.4 is 0 Å². The molecule has 66 valence electrons. The van der Waals surface area contributed by atoms with E-state index < -0.39 is 0 Å². The third kappa shape index (κ3) is 2.99. The van der Waals surface area contributed by atoms with Crippen LogP contribution in [0.4, 0.5) is 0 Å². The number of carbonyl (C=O) groups is 1. The molecular weight excluding hydrogens is 188 g/mol. The Morgan fingerprint density at radius 2 is 2.50 bits per heavy atom. The number of rotatable bonds is 5. The van der Waals surface area contributed by atoms with Gasteiger partial charge < -0.3 is 0 Å². The fourth-order valence-corrected chi connectivity index (χ4v) is 2.75. The van der Waals surface area contributed by atoms with Crippen LogP contribution in [-0.4, -0.2) is 12.0 Å². The maximum Gasteiger partial charge on any atom is 0.160 e. The summed E-state index contributed by atoms with van der Waals surface area (Å²) in [6.07, 6.45) is 3.39. The topological polar surface area (TPSA) is 17.1 Å². The van der Waals surface area contributed by atoms with Gasteiger partial charge in [0.2, 0.25) is 0 Å². The number of aldehydes is 1. The Morgan fingerprint density at radius 3 is 3.08 bits per heavy atom. The number of thiophene rings is 1. The van der Waals surface area contributed by atoms with Crippen molar-refractivity contribution in [1.29, 1.82) is 0 Å². The van der Waals surface area contributed by atoms with Crippen molar-refractivity contribution < 1.29 is 4.79 Å². The van der Waals surface area contributed by atoms with Crippen molar-refractivity contribution in [3.8, 4) is 0 Å². The minimum Gasteiger partial charge on any atom is -0.297 e. The summed E-state index contributed by atoms with van der Waals surface area (Å²) in [5.41, 5.74) is 0. The minimum absolute atomic E-state index is 0.828. The van der Waals surface area contributed by atoms with E-state index in [2.05, 4.69) is 6.92 Å². The van der Waals surface area contributed by atoms with Gasteiger partial charge in [0.15, 0.2) is 6.29 Å². The molecule has 0 saturated carbocycles. The molecule has 1 rings (SSSR count). The van der Waals surface area contributed by atoms with Crippen LogP contribution in [0.5, 0.6) is 0 Å². The van der Waals surface area contributed by atoms with Crippen LogP contribution in [0.1, 0.15) is 29.4 Å². The monoisotopic (exact) mass is 200 g/mol. The molecule has 0 unspecified atom stereocenters. The zero-order valence-corrected chi connectivity index (χ0v) is 8.71. The Labute approximate surface area is 81.2 Å². The molecule has 1 aromatic heterocycles. The molecule has 0 amide bonds. The first-order chi connectivity index (χ1) is 5.86. The Morgan fingerprint density at radius 1 is 1.67 bits per heavy atom. The van der Waals surface area contributed by atoms with Gasteiger partial charge in [-0.15, -0.1) is 23.1 Å². The molecule has 0 spiro atoms. The molecule has 12 heavy (non-hydrogen) atoms. The first-order valence-electron chi connectivity index (χ1n) is 4.03. The Bertz CT molecular complexity index is 242. The van der Waals surface area contributed by atoms with Crippen molar-refractivity contribution >= 4 is 29.4 Å². The van der Waals surface area contributed by atoms with E-state index in [1.165, 1.54) is 29.1 Å². The van der Waals surface area contributed by atoms with Gasteiger partial charge >= 0.3 is 0 Å². The number of thioether (sulfide) groups is 1. The van der Waals surface area contributed by atoms with Crippen molar-refractivity contribution in [2.45, 2.75) is 24.7 Å². The molecule has 0 aromatic carbocycles. The van der Waals surface area contributed by atoms with Crippen molar-refractivity contribution in [2.75, 3.05) is 5.75 Å². The first kappa shape index (κ1) is 9.81. The van der Waals surface area contributed by atoms with E-state index in [9.17, 15) is 4.79 Å². The predicted octanol–water partition coefficient (Wildman–Crippen LogP) is 3.45. The van der Waals surface area contributed by atoms with Crippen LogP contribution in [0.2, 0.25) is 0 Å². The largest absolute Gasteiger partial charge is 0.297 e. The fourth-order valence-electron chi connectivity index (χ4n) is 0.806. The standard InChI is InChI=1S/C9H12OS2/c1-2-3-4-11-9-5-8(6-10)12-7-9/h5-7H,2-4H2,1H3. The van der Waals surface area contributed by atoms with E-state index in [1.54, 1.807) is 0 Å². The smallest absolute Gasteiger partial charge is 0.160 e. The summed E-state index contributed by atoms with van der Waals surface area (Å²) in [4.78, 5) is 12.4. The van der Waals surface area contributed by atoms with Gasteiger partial charge in [-0.25, -0.2) is 0 Å². The van der Waals surface area contributed by atoms with Crippen molar-refractivity contribution in [3.05, 3.63) is 16.3 Å². The van der Waals surface area contributed by atoms with Gasteiger partial charge in [-0.2, -0.15) is 0 Å². The summed E-state index contributed by atoms with van der Waals surface area (Å²) >= 11 is 3.35. The molecule has 0 bridgehead atoms.